The molecule has 0 bridgehead atoms. The van der Waals surface area contributed by atoms with Crippen LogP contribution in [0.5, 0.6) is 0 Å². The maximum atomic E-state index is 12.2. The molecule has 2 heterocycles. The Labute approximate surface area is 122 Å². The highest BCUT2D eigenvalue weighted by molar-refractivity contribution is 6.04. The van der Waals surface area contributed by atoms with E-state index in [9.17, 15) is 14.4 Å². The molecule has 7 nitrogen and oxygen atoms in total. The van der Waals surface area contributed by atoms with Crippen molar-refractivity contribution in [3.8, 4) is 0 Å². The number of carbonyl (C=O) groups is 3. The van der Waals surface area contributed by atoms with Crippen molar-refractivity contribution in [3.63, 3.8) is 0 Å². The molecular weight excluding hydrogens is 274 g/mol. The van der Waals surface area contributed by atoms with E-state index < -0.39 is 17.7 Å². The Morgan fingerprint density at radius 3 is 2.43 bits per heavy atom. The zero-order valence-corrected chi connectivity index (χ0v) is 12.2. The van der Waals surface area contributed by atoms with E-state index in [0.717, 1.165) is 13.1 Å². The molecule has 0 saturated carbocycles. The summed E-state index contributed by atoms with van der Waals surface area (Å²) in [6.07, 6.45) is 0. The van der Waals surface area contributed by atoms with Crippen LogP contribution in [0.15, 0.2) is 16.5 Å². The fourth-order valence-electron chi connectivity index (χ4n) is 2.18. The highest BCUT2D eigenvalue weighted by Gasteiger charge is 2.28. The first-order valence-electron chi connectivity index (χ1n) is 6.96. The molecule has 0 aromatic carbocycles. The second kappa shape index (κ2) is 6.53. The Kier molecular flexibility index (Phi) is 4.74. The topological polar surface area (TPSA) is 82.9 Å². The van der Waals surface area contributed by atoms with Crippen LogP contribution in [-0.4, -0.2) is 53.7 Å². The van der Waals surface area contributed by atoms with Crippen LogP contribution in [0.1, 0.15) is 30.2 Å². The molecule has 0 radical (unpaired) electrons. The van der Waals surface area contributed by atoms with Crippen molar-refractivity contribution in [1.82, 2.24) is 15.1 Å². The minimum atomic E-state index is -0.477. The van der Waals surface area contributed by atoms with Crippen LogP contribution < -0.4 is 5.32 Å². The number of carbonyl (C=O) groups excluding carboxylic acids is 3. The zero-order chi connectivity index (χ0) is 15.4. The average molecular weight is 293 g/mol. The molecule has 3 amide bonds. The molecule has 1 aromatic rings. The van der Waals surface area contributed by atoms with Gasteiger partial charge in [-0.05, 0) is 25.2 Å². The van der Waals surface area contributed by atoms with Gasteiger partial charge in [-0.15, -0.1) is 0 Å². The summed E-state index contributed by atoms with van der Waals surface area (Å²) in [6.45, 7) is 6.25. The first kappa shape index (κ1) is 15.2. The third-order valence-corrected chi connectivity index (χ3v) is 3.38. The average Bonchev–Trinajstić information content (AvgIpc) is 2.91. The summed E-state index contributed by atoms with van der Waals surface area (Å²) < 4.78 is 5.53. The van der Waals surface area contributed by atoms with Crippen molar-refractivity contribution in [2.24, 2.45) is 0 Å². The monoisotopic (exact) mass is 293 g/mol. The minimum absolute atomic E-state index is 0.128. The Bertz CT molecular complexity index is 532. The first-order valence-corrected chi connectivity index (χ1v) is 6.96. The third kappa shape index (κ3) is 3.69. The maximum absolute atomic E-state index is 12.2. The molecule has 1 aromatic heterocycles. The van der Waals surface area contributed by atoms with Gasteiger partial charge >= 0.3 is 0 Å². The number of rotatable bonds is 5. The molecule has 114 valence electrons. The Morgan fingerprint density at radius 2 is 1.86 bits per heavy atom. The number of hydrogen-bond acceptors (Lipinski definition) is 5. The van der Waals surface area contributed by atoms with Crippen molar-refractivity contribution in [3.05, 3.63) is 23.7 Å². The van der Waals surface area contributed by atoms with Crippen LogP contribution >= 0.6 is 0 Å². The number of amides is 3. The number of furan rings is 1. The molecule has 1 saturated heterocycles. The molecule has 0 aliphatic carbocycles. The summed E-state index contributed by atoms with van der Waals surface area (Å²) in [7, 11) is 0. The molecule has 0 spiro atoms. The van der Waals surface area contributed by atoms with Gasteiger partial charge in [0.1, 0.15) is 18.8 Å². The number of nitrogens with one attached hydrogen (secondary N) is 1. The number of nitrogens with zero attached hydrogens (tertiary/aromatic N) is 2. The normalized spacial score (nSPS) is 15.5. The van der Waals surface area contributed by atoms with E-state index >= 15 is 0 Å². The highest BCUT2D eigenvalue weighted by Crippen LogP contribution is 2.13. The lowest BCUT2D eigenvalue weighted by Gasteiger charge is -2.24. The fourth-order valence-corrected chi connectivity index (χ4v) is 2.18. The van der Waals surface area contributed by atoms with Crippen LogP contribution in [0.25, 0.3) is 0 Å². The molecule has 1 fully saturated rings. The lowest BCUT2D eigenvalue weighted by atomic mass is 10.3. The van der Waals surface area contributed by atoms with Gasteiger partial charge in [0.25, 0.3) is 5.91 Å². The van der Waals surface area contributed by atoms with Gasteiger partial charge in [-0.1, -0.05) is 13.8 Å². The molecule has 1 aliphatic rings. The van der Waals surface area contributed by atoms with Crippen molar-refractivity contribution >= 4 is 17.7 Å². The molecule has 2 rings (SSSR count). The van der Waals surface area contributed by atoms with Gasteiger partial charge in [-0.3, -0.25) is 24.6 Å². The molecule has 1 N–H and O–H groups in total. The summed E-state index contributed by atoms with van der Waals surface area (Å²) >= 11 is 0. The maximum Gasteiger partial charge on any atom is 0.290 e. The number of imide groups is 1. The quantitative estimate of drug-likeness (QED) is 0.785. The Morgan fingerprint density at radius 1 is 1.24 bits per heavy atom. The molecule has 7 heteroatoms. The smallest absolute Gasteiger partial charge is 0.290 e. The van der Waals surface area contributed by atoms with Crippen LogP contribution in [0, 0.1) is 0 Å². The molecule has 0 unspecified atom stereocenters. The van der Waals surface area contributed by atoms with E-state index in [1.807, 2.05) is 0 Å². The standard InChI is InChI=1S/C14H19N3O4/c1-3-16(4-2)7-10-5-6-11(21-10)14(20)17-8-12(18)15-13(19)9-17/h5-6H,3-4,7-9H2,1-2H3,(H,15,18,19). The molecule has 1 aliphatic heterocycles. The highest BCUT2D eigenvalue weighted by atomic mass is 16.4. The van der Waals surface area contributed by atoms with E-state index in [2.05, 4.69) is 24.1 Å². The predicted molar refractivity (Wildman–Crippen MR) is 74.4 cm³/mol. The van der Waals surface area contributed by atoms with Crippen LogP contribution in [0.3, 0.4) is 0 Å². The zero-order valence-electron chi connectivity index (χ0n) is 12.2. The van der Waals surface area contributed by atoms with Gasteiger partial charge in [0.15, 0.2) is 5.76 Å². The second-order valence-electron chi connectivity index (χ2n) is 4.86. The second-order valence-corrected chi connectivity index (χ2v) is 4.86. The SMILES string of the molecule is CCN(CC)Cc1ccc(C(=O)N2CC(=O)NC(=O)C2)o1. The number of hydrogen-bond donors (Lipinski definition) is 1. The van der Waals surface area contributed by atoms with Crippen molar-refractivity contribution in [1.29, 1.82) is 0 Å². The van der Waals surface area contributed by atoms with E-state index in [-0.39, 0.29) is 18.8 Å². The van der Waals surface area contributed by atoms with Gasteiger partial charge < -0.3 is 9.32 Å². The van der Waals surface area contributed by atoms with Crippen molar-refractivity contribution in [2.75, 3.05) is 26.2 Å². The van der Waals surface area contributed by atoms with Crippen molar-refractivity contribution < 1.29 is 18.8 Å². The van der Waals surface area contributed by atoms with E-state index in [0.29, 0.717) is 12.3 Å². The molecule has 21 heavy (non-hydrogen) atoms. The summed E-state index contributed by atoms with van der Waals surface area (Å²) in [5.41, 5.74) is 0. The minimum Gasteiger partial charge on any atom is -0.455 e. The summed E-state index contributed by atoms with van der Waals surface area (Å²) in [5.74, 6) is -0.553. The fraction of sp³-hybridized carbons (Fsp3) is 0.500. The summed E-state index contributed by atoms with van der Waals surface area (Å²) in [5, 5.41) is 2.15. The van der Waals surface area contributed by atoms with Gasteiger partial charge in [0, 0.05) is 0 Å². The van der Waals surface area contributed by atoms with E-state index in [1.54, 1.807) is 12.1 Å². The third-order valence-electron chi connectivity index (χ3n) is 3.38. The lowest BCUT2D eigenvalue weighted by Crippen LogP contribution is -2.53. The first-order chi connectivity index (χ1) is 10.0. The van der Waals surface area contributed by atoms with Crippen LogP contribution in [0.2, 0.25) is 0 Å². The molecule has 0 atom stereocenters. The Balaban J connectivity index is 2.04. The predicted octanol–water partition coefficient (Wildman–Crippen LogP) is 0.220. The van der Waals surface area contributed by atoms with Gasteiger partial charge in [0.2, 0.25) is 11.8 Å². The van der Waals surface area contributed by atoms with E-state index in [4.69, 9.17) is 4.42 Å². The molecular formula is C14H19N3O4. The van der Waals surface area contributed by atoms with Gasteiger partial charge in [-0.25, -0.2) is 0 Å². The summed E-state index contributed by atoms with van der Waals surface area (Å²) in [6, 6.07) is 3.33. The van der Waals surface area contributed by atoms with Gasteiger partial charge in [0.05, 0.1) is 6.54 Å². The summed E-state index contributed by atoms with van der Waals surface area (Å²) in [4.78, 5) is 38.1. The lowest BCUT2D eigenvalue weighted by molar-refractivity contribution is -0.135. The largest absolute Gasteiger partial charge is 0.455 e. The van der Waals surface area contributed by atoms with Crippen LogP contribution in [0.4, 0.5) is 0 Å². The number of piperazine rings is 1. The van der Waals surface area contributed by atoms with Crippen LogP contribution in [-0.2, 0) is 16.1 Å². The Hall–Kier alpha value is -2.15. The van der Waals surface area contributed by atoms with Gasteiger partial charge in [-0.2, -0.15) is 0 Å². The van der Waals surface area contributed by atoms with Crippen molar-refractivity contribution in [2.45, 2.75) is 20.4 Å². The van der Waals surface area contributed by atoms with E-state index in [1.165, 1.54) is 4.90 Å².